The largest absolute Gasteiger partial charge is 0.381 e. The number of ether oxygens (including phenoxy) is 1. The molecule has 116 valence electrons. The minimum Gasteiger partial charge on any atom is -0.381 e. The normalized spacial score (nSPS) is 19.0. The molecule has 1 aliphatic rings. The predicted octanol–water partition coefficient (Wildman–Crippen LogP) is 3.92. The maximum atomic E-state index is 12.2. The smallest absolute Gasteiger partial charge is 0.165 e. The molecule has 0 bridgehead atoms. The van der Waals surface area contributed by atoms with Gasteiger partial charge in [0.1, 0.15) is 0 Å². The molecular weight excluding hydrogens is 309 g/mol. The zero-order valence-electron chi connectivity index (χ0n) is 12.3. The van der Waals surface area contributed by atoms with Crippen molar-refractivity contribution in [2.24, 2.45) is 5.92 Å². The fourth-order valence-electron chi connectivity index (χ4n) is 2.63. The van der Waals surface area contributed by atoms with Gasteiger partial charge in [0.25, 0.3) is 0 Å². The van der Waals surface area contributed by atoms with Gasteiger partial charge in [-0.15, -0.1) is 0 Å². The Bertz CT molecular complexity index is 487. The summed E-state index contributed by atoms with van der Waals surface area (Å²) in [6.45, 7) is 3.40. The van der Waals surface area contributed by atoms with Crippen LogP contribution in [0.25, 0.3) is 0 Å². The molecule has 0 aliphatic carbocycles. The van der Waals surface area contributed by atoms with E-state index in [9.17, 15) is 4.79 Å². The van der Waals surface area contributed by atoms with Gasteiger partial charge >= 0.3 is 0 Å². The minimum absolute atomic E-state index is 0.0363. The highest BCUT2D eigenvalue weighted by Gasteiger charge is 2.17. The molecule has 0 aromatic heterocycles. The Morgan fingerprint density at radius 1 is 1.43 bits per heavy atom. The number of Topliss-reactive ketones (excluding diaryl/α,β-unsaturated/α-hetero) is 1. The molecule has 1 fully saturated rings. The summed E-state index contributed by atoms with van der Waals surface area (Å²) < 4.78 is 5.48. The van der Waals surface area contributed by atoms with Crippen LogP contribution < -0.4 is 0 Å². The number of hydrogen-bond acceptors (Lipinski definition) is 3. The second-order valence-electron chi connectivity index (χ2n) is 5.62. The lowest BCUT2D eigenvalue weighted by Crippen LogP contribution is -2.32. The molecule has 0 amide bonds. The van der Waals surface area contributed by atoms with Crippen molar-refractivity contribution in [1.29, 1.82) is 0 Å². The Balaban J connectivity index is 1.81. The number of nitrogens with zero attached hydrogens (tertiary/aromatic N) is 1. The lowest BCUT2D eigenvalue weighted by Gasteiger charge is -2.26. The van der Waals surface area contributed by atoms with Gasteiger partial charge in [0.2, 0.25) is 0 Å². The summed E-state index contributed by atoms with van der Waals surface area (Å²) in [5.74, 6) is 0.614. The van der Waals surface area contributed by atoms with E-state index in [-0.39, 0.29) is 5.78 Å². The highest BCUT2D eigenvalue weighted by molar-refractivity contribution is 6.43. The monoisotopic (exact) mass is 329 g/mol. The Morgan fingerprint density at radius 2 is 2.24 bits per heavy atom. The average Bonchev–Trinajstić information content (AvgIpc) is 2.48. The van der Waals surface area contributed by atoms with E-state index in [4.69, 9.17) is 27.9 Å². The molecule has 2 rings (SSSR count). The first-order chi connectivity index (χ1) is 10.1. The second kappa shape index (κ2) is 8.14. The van der Waals surface area contributed by atoms with Gasteiger partial charge in [-0.25, -0.2) is 0 Å². The summed E-state index contributed by atoms with van der Waals surface area (Å²) in [6, 6.07) is 5.17. The molecule has 5 heteroatoms. The summed E-state index contributed by atoms with van der Waals surface area (Å²) in [5.41, 5.74) is 0.513. The molecule has 0 N–H and O–H groups in total. The Hall–Kier alpha value is -0.610. The minimum atomic E-state index is 0.0363. The van der Waals surface area contributed by atoms with Gasteiger partial charge in [-0.2, -0.15) is 0 Å². The van der Waals surface area contributed by atoms with Crippen LogP contribution in [0.4, 0.5) is 0 Å². The van der Waals surface area contributed by atoms with Crippen LogP contribution >= 0.6 is 23.2 Å². The third kappa shape index (κ3) is 4.96. The first-order valence-corrected chi connectivity index (χ1v) is 8.07. The number of carbonyl (C=O) groups excluding carboxylic acids is 1. The topological polar surface area (TPSA) is 29.5 Å². The summed E-state index contributed by atoms with van der Waals surface area (Å²) in [6.07, 6.45) is 2.79. The molecule has 0 radical (unpaired) electrons. The fraction of sp³-hybridized carbons (Fsp3) is 0.562. The molecule has 1 aliphatic heterocycles. The number of ketones is 1. The Labute approximate surface area is 136 Å². The first kappa shape index (κ1) is 16.8. The predicted molar refractivity (Wildman–Crippen MR) is 86.4 cm³/mol. The second-order valence-corrected chi connectivity index (χ2v) is 6.41. The van der Waals surface area contributed by atoms with E-state index in [1.807, 2.05) is 7.05 Å². The van der Waals surface area contributed by atoms with Gasteiger partial charge in [-0.05, 0) is 37.9 Å². The quantitative estimate of drug-likeness (QED) is 0.740. The first-order valence-electron chi connectivity index (χ1n) is 7.31. The van der Waals surface area contributed by atoms with Crippen LogP contribution in [0.1, 0.15) is 29.6 Å². The number of rotatable bonds is 6. The number of halogens is 2. The SMILES string of the molecule is CN(CCC(=O)c1cccc(Cl)c1Cl)CC1CCCOC1. The van der Waals surface area contributed by atoms with Gasteiger partial charge in [-0.1, -0.05) is 29.3 Å². The van der Waals surface area contributed by atoms with E-state index in [2.05, 4.69) is 4.90 Å². The molecule has 0 spiro atoms. The number of hydrogen-bond donors (Lipinski definition) is 0. The van der Waals surface area contributed by atoms with E-state index >= 15 is 0 Å². The lowest BCUT2D eigenvalue weighted by atomic mass is 10.0. The van der Waals surface area contributed by atoms with Gasteiger partial charge in [0.15, 0.2) is 5.78 Å². The third-order valence-corrected chi connectivity index (χ3v) is 4.62. The molecule has 1 saturated heterocycles. The van der Waals surface area contributed by atoms with Crippen molar-refractivity contribution in [2.45, 2.75) is 19.3 Å². The molecule has 1 aromatic rings. The van der Waals surface area contributed by atoms with Crippen LogP contribution in [-0.4, -0.2) is 44.0 Å². The average molecular weight is 330 g/mol. The van der Waals surface area contributed by atoms with E-state index in [0.29, 0.717) is 27.9 Å². The molecular formula is C16H21Cl2NO2. The molecule has 1 aromatic carbocycles. The van der Waals surface area contributed by atoms with E-state index < -0.39 is 0 Å². The fourth-order valence-corrected chi connectivity index (χ4v) is 3.04. The van der Waals surface area contributed by atoms with Crippen molar-refractivity contribution >= 4 is 29.0 Å². The Morgan fingerprint density at radius 3 is 2.95 bits per heavy atom. The summed E-state index contributed by atoms with van der Waals surface area (Å²) in [4.78, 5) is 14.4. The van der Waals surface area contributed by atoms with Gasteiger partial charge < -0.3 is 9.64 Å². The van der Waals surface area contributed by atoms with Crippen LogP contribution in [0.15, 0.2) is 18.2 Å². The van der Waals surface area contributed by atoms with Crippen LogP contribution in [0.3, 0.4) is 0 Å². The van der Waals surface area contributed by atoms with Crippen molar-refractivity contribution in [3.8, 4) is 0 Å². The summed E-state index contributed by atoms with van der Waals surface area (Å²) in [7, 11) is 2.04. The molecule has 1 atom stereocenters. The zero-order chi connectivity index (χ0) is 15.2. The highest BCUT2D eigenvalue weighted by Crippen LogP contribution is 2.26. The molecule has 1 heterocycles. The van der Waals surface area contributed by atoms with Crippen LogP contribution in [0.5, 0.6) is 0 Å². The van der Waals surface area contributed by atoms with E-state index in [0.717, 1.165) is 32.7 Å². The lowest BCUT2D eigenvalue weighted by molar-refractivity contribution is 0.0418. The highest BCUT2D eigenvalue weighted by atomic mass is 35.5. The number of carbonyl (C=O) groups is 1. The molecule has 0 saturated carbocycles. The van der Waals surface area contributed by atoms with Crippen LogP contribution in [0.2, 0.25) is 10.0 Å². The van der Waals surface area contributed by atoms with Crippen molar-refractivity contribution in [2.75, 3.05) is 33.4 Å². The van der Waals surface area contributed by atoms with Crippen molar-refractivity contribution in [3.63, 3.8) is 0 Å². The van der Waals surface area contributed by atoms with Crippen LogP contribution in [-0.2, 0) is 4.74 Å². The van der Waals surface area contributed by atoms with Crippen molar-refractivity contribution < 1.29 is 9.53 Å². The maximum absolute atomic E-state index is 12.2. The van der Waals surface area contributed by atoms with E-state index in [1.54, 1.807) is 18.2 Å². The van der Waals surface area contributed by atoms with Crippen molar-refractivity contribution in [3.05, 3.63) is 33.8 Å². The summed E-state index contributed by atoms with van der Waals surface area (Å²) >= 11 is 12.0. The number of benzene rings is 1. The van der Waals surface area contributed by atoms with Gasteiger partial charge in [0.05, 0.1) is 16.7 Å². The van der Waals surface area contributed by atoms with Gasteiger partial charge in [0, 0.05) is 31.7 Å². The third-order valence-electron chi connectivity index (χ3n) is 3.80. The van der Waals surface area contributed by atoms with Gasteiger partial charge in [-0.3, -0.25) is 4.79 Å². The molecule has 21 heavy (non-hydrogen) atoms. The Kier molecular flexibility index (Phi) is 6.49. The maximum Gasteiger partial charge on any atom is 0.165 e. The molecule has 3 nitrogen and oxygen atoms in total. The van der Waals surface area contributed by atoms with Crippen molar-refractivity contribution in [1.82, 2.24) is 4.90 Å². The summed E-state index contributed by atoms with van der Waals surface area (Å²) in [5, 5.41) is 0.780. The zero-order valence-corrected chi connectivity index (χ0v) is 13.8. The standard InChI is InChI=1S/C16H21Cl2NO2/c1-19(10-12-4-3-9-21-11-12)8-7-15(20)13-5-2-6-14(17)16(13)18/h2,5-6,12H,3-4,7-11H2,1H3. The molecule has 1 unspecified atom stereocenters. The van der Waals surface area contributed by atoms with Crippen LogP contribution in [0, 0.1) is 5.92 Å². The van der Waals surface area contributed by atoms with E-state index in [1.165, 1.54) is 6.42 Å².